The van der Waals surface area contributed by atoms with Gasteiger partial charge in [-0.2, -0.15) is 5.10 Å². The van der Waals surface area contributed by atoms with Crippen LogP contribution in [-0.4, -0.2) is 36.7 Å². The van der Waals surface area contributed by atoms with E-state index >= 15 is 0 Å². The quantitative estimate of drug-likeness (QED) is 0.353. The molecule has 0 fully saturated rings. The van der Waals surface area contributed by atoms with Crippen LogP contribution in [0.1, 0.15) is 21.5 Å². The van der Waals surface area contributed by atoms with Crippen LogP contribution in [0.25, 0.3) is 11.0 Å². The van der Waals surface area contributed by atoms with E-state index in [1.807, 2.05) is 19.1 Å². The van der Waals surface area contributed by atoms with Crippen molar-refractivity contribution in [1.29, 1.82) is 0 Å². The van der Waals surface area contributed by atoms with Gasteiger partial charge in [-0.15, -0.1) is 0 Å². The molecule has 0 bridgehead atoms. The molecule has 0 radical (unpaired) electrons. The Hall–Kier alpha value is -4.34. The van der Waals surface area contributed by atoms with Crippen molar-refractivity contribution >= 4 is 22.6 Å². The molecular weight excluding hydrogens is 412 g/mol. The lowest BCUT2D eigenvalue weighted by Gasteiger charge is -2.08. The molecule has 0 saturated heterocycles. The van der Waals surface area contributed by atoms with Gasteiger partial charge in [-0.3, -0.25) is 24.3 Å². The van der Waals surface area contributed by atoms with E-state index in [0.29, 0.717) is 35.2 Å². The molecule has 32 heavy (non-hydrogen) atoms. The van der Waals surface area contributed by atoms with Crippen molar-refractivity contribution in [2.45, 2.75) is 20.0 Å². The number of hydrogen-bond acceptors (Lipinski definition) is 6. The summed E-state index contributed by atoms with van der Waals surface area (Å²) in [5.74, 6) is -0.186. The highest BCUT2D eigenvalue weighted by atomic mass is 16.6. The summed E-state index contributed by atoms with van der Waals surface area (Å²) in [5, 5.41) is 18.3. The Morgan fingerprint density at radius 1 is 1.19 bits per heavy atom. The predicted octanol–water partition coefficient (Wildman–Crippen LogP) is 2.29. The van der Waals surface area contributed by atoms with Crippen LogP contribution in [0.2, 0.25) is 0 Å². The van der Waals surface area contributed by atoms with Crippen molar-refractivity contribution in [3.05, 3.63) is 98.2 Å². The van der Waals surface area contributed by atoms with E-state index in [2.05, 4.69) is 15.4 Å². The number of nitro benzene ring substituents is 1. The summed E-state index contributed by atoms with van der Waals surface area (Å²) in [7, 11) is 0. The summed E-state index contributed by atoms with van der Waals surface area (Å²) in [6.45, 7) is 2.78. The van der Waals surface area contributed by atoms with Gasteiger partial charge in [0.1, 0.15) is 11.7 Å². The smallest absolute Gasteiger partial charge is 0.269 e. The Kier molecular flexibility index (Phi) is 5.75. The number of benzene rings is 2. The van der Waals surface area contributed by atoms with Crippen molar-refractivity contribution in [2.24, 2.45) is 0 Å². The summed E-state index contributed by atoms with van der Waals surface area (Å²) >= 11 is 0. The first-order chi connectivity index (χ1) is 15.4. The second-order valence-electron chi connectivity index (χ2n) is 7.33. The van der Waals surface area contributed by atoms with Crippen LogP contribution < -0.4 is 10.9 Å². The van der Waals surface area contributed by atoms with Crippen molar-refractivity contribution in [3.63, 3.8) is 0 Å². The maximum atomic E-state index is 12.8. The SMILES string of the molecule is Cc1ccc(C(=O)NCCn2ncc3c(=O)n(Cc4cccc([N+](=O)[O-])c4)cnc32)cc1. The third-order valence-electron chi connectivity index (χ3n) is 5.02. The number of carbonyl (C=O) groups is 1. The average Bonchev–Trinajstić information content (AvgIpc) is 3.20. The van der Waals surface area contributed by atoms with E-state index in [0.717, 1.165) is 5.56 Å². The predicted molar refractivity (Wildman–Crippen MR) is 117 cm³/mol. The van der Waals surface area contributed by atoms with Crippen molar-refractivity contribution in [3.8, 4) is 0 Å². The van der Waals surface area contributed by atoms with Crippen LogP contribution in [-0.2, 0) is 13.1 Å². The molecule has 162 valence electrons. The number of nitrogens with one attached hydrogen (secondary N) is 1. The molecule has 10 heteroatoms. The van der Waals surface area contributed by atoms with Crippen molar-refractivity contribution in [2.75, 3.05) is 6.54 Å². The van der Waals surface area contributed by atoms with Crippen LogP contribution in [0.4, 0.5) is 5.69 Å². The molecule has 2 heterocycles. The first kappa shape index (κ1) is 20.9. The van der Waals surface area contributed by atoms with Gasteiger partial charge in [0.05, 0.1) is 24.2 Å². The molecule has 0 aliphatic heterocycles. The number of carbonyl (C=O) groups excluding carboxylic acids is 1. The Balaban J connectivity index is 1.46. The minimum Gasteiger partial charge on any atom is -0.350 e. The molecule has 0 unspecified atom stereocenters. The van der Waals surface area contributed by atoms with Gasteiger partial charge in [0.2, 0.25) is 0 Å². The zero-order valence-electron chi connectivity index (χ0n) is 17.3. The number of amides is 1. The van der Waals surface area contributed by atoms with Gasteiger partial charge >= 0.3 is 0 Å². The van der Waals surface area contributed by atoms with Gasteiger partial charge in [-0.25, -0.2) is 9.67 Å². The normalized spacial score (nSPS) is 10.9. The molecule has 4 rings (SSSR count). The van der Waals surface area contributed by atoms with E-state index in [4.69, 9.17) is 0 Å². The topological polar surface area (TPSA) is 125 Å². The zero-order valence-corrected chi connectivity index (χ0v) is 17.3. The monoisotopic (exact) mass is 432 g/mol. The number of nitrogens with zero attached hydrogens (tertiary/aromatic N) is 5. The second-order valence-corrected chi connectivity index (χ2v) is 7.33. The van der Waals surface area contributed by atoms with Gasteiger partial charge in [-0.1, -0.05) is 29.8 Å². The highest BCUT2D eigenvalue weighted by Crippen LogP contribution is 2.14. The molecule has 0 aliphatic rings. The number of nitro groups is 1. The Morgan fingerprint density at radius 2 is 1.97 bits per heavy atom. The standard InChI is InChI=1S/C22H20N6O4/c1-15-5-7-17(8-6-15)21(29)23-9-10-27-20-19(12-25-27)22(30)26(14-24-20)13-16-3-2-4-18(11-16)28(31)32/h2-8,11-12,14H,9-10,13H2,1H3,(H,23,29). The van der Waals surface area contributed by atoms with E-state index in [1.54, 1.807) is 28.9 Å². The summed E-state index contributed by atoms with van der Waals surface area (Å²) in [4.78, 5) is 39.9. The van der Waals surface area contributed by atoms with Crippen LogP contribution in [0.15, 0.2) is 65.8 Å². The number of fused-ring (bicyclic) bond motifs is 1. The highest BCUT2D eigenvalue weighted by molar-refractivity contribution is 5.94. The lowest BCUT2D eigenvalue weighted by atomic mass is 10.1. The molecule has 0 spiro atoms. The Morgan fingerprint density at radius 3 is 2.72 bits per heavy atom. The molecule has 0 saturated carbocycles. The number of aromatic nitrogens is 4. The Bertz CT molecular complexity index is 1360. The third-order valence-corrected chi connectivity index (χ3v) is 5.02. The third kappa shape index (κ3) is 4.38. The number of rotatable bonds is 7. The summed E-state index contributed by atoms with van der Waals surface area (Å²) in [5.41, 5.74) is 2.35. The fourth-order valence-electron chi connectivity index (χ4n) is 3.32. The van der Waals surface area contributed by atoms with Crippen LogP contribution >= 0.6 is 0 Å². The largest absolute Gasteiger partial charge is 0.350 e. The molecule has 10 nitrogen and oxygen atoms in total. The van der Waals surface area contributed by atoms with Gasteiger partial charge < -0.3 is 5.32 Å². The minimum atomic E-state index is -0.477. The second kappa shape index (κ2) is 8.80. The van der Waals surface area contributed by atoms with E-state index in [9.17, 15) is 19.7 Å². The summed E-state index contributed by atoms with van der Waals surface area (Å²) in [6.07, 6.45) is 2.84. The van der Waals surface area contributed by atoms with Gasteiger partial charge in [0.15, 0.2) is 5.65 Å². The number of hydrogen-bond donors (Lipinski definition) is 1. The van der Waals surface area contributed by atoms with Crippen LogP contribution in [0.5, 0.6) is 0 Å². The lowest BCUT2D eigenvalue weighted by Crippen LogP contribution is -2.27. The van der Waals surface area contributed by atoms with E-state index in [1.165, 1.54) is 29.2 Å². The van der Waals surface area contributed by atoms with Crippen molar-refractivity contribution < 1.29 is 9.72 Å². The molecule has 1 amide bonds. The van der Waals surface area contributed by atoms with E-state index in [-0.39, 0.29) is 23.7 Å². The maximum absolute atomic E-state index is 12.8. The average molecular weight is 432 g/mol. The van der Waals surface area contributed by atoms with Crippen molar-refractivity contribution in [1.82, 2.24) is 24.6 Å². The molecule has 4 aromatic rings. The maximum Gasteiger partial charge on any atom is 0.269 e. The number of aryl methyl sites for hydroxylation is 1. The van der Waals surface area contributed by atoms with Crippen LogP contribution in [0.3, 0.4) is 0 Å². The minimum absolute atomic E-state index is 0.0370. The number of non-ortho nitro benzene ring substituents is 1. The molecule has 0 aliphatic carbocycles. The Labute approximate surface area is 182 Å². The molecule has 1 N–H and O–H groups in total. The lowest BCUT2D eigenvalue weighted by molar-refractivity contribution is -0.384. The molecule has 2 aromatic heterocycles. The zero-order chi connectivity index (χ0) is 22.7. The van der Waals surface area contributed by atoms with Crippen LogP contribution in [0, 0.1) is 17.0 Å². The van der Waals surface area contributed by atoms with Gasteiger partial charge in [-0.05, 0) is 24.6 Å². The molecule has 0 atom stereocenters. The fourth-order valence-corrected chi connectivity index (χ4v) is 3.32. The highest BCUT2D eigenvalue weighted by Gasteiger charge is 2.12. The molecular formula is C22H20N6O4. The molecule has 2 aromatic carbocycles. The summed E-state index contributed by atoms with van der Waals surface area (Å²) in [6, 6.07) is 13.4. The first-order valence-electron chi connectivity index (χ1n) is 9.91. The fraction of sp³-hybridized carbons (Fsp3) is 0.182. The summed E-state index contributed by atoms with van der Waals surface area (Å²) < 4.78 is 2.94. The van der Waals surface area contributed by atoms with Gasteiger partial charge in [0, 0.05) is 24.2 Å². The van der Waals surface area contributed by atoms with Gasteiger partial charge in [0.25, 0.3) is 17.2 Å². The first-order valence-corrected chi connectivity index (χ1v) is 9.91. The van der Waals surface area contributed by atoms with E-state index < -0.39 is 4.92 Å².